The van der Waals surface area contributed by atoms with Gasteiger partial charge in [0, 0.05) is 6.07 Å². The lowest BCUT2D eigenvalue weighted by Crippen LogP contribution is -2.74. The van der Waals surface area contributed by atoms with E-state index in [2.05, 4.69) is 15.1 Å². The largest absolute Gasteiger partial charge is 0.352 e. The molecule has 4 N–H and O–H groups in total. The molecule has 0 radical (unpaired) electrons. The Morgan fingerprint density at radius 2 is 1.69 bits per heavy atom. The molecule has 0 aromatic heterocycles. The molecule has 0 heterocycles. The lowest BCUT2D eigenvalue weighted by atomic mass is 10.2. The third-order valence-electron chi connectivity index (χ3n) is 2.36. The smallest absolute Gasteiger partial charge is 0.185 e. The number of nitrogens with two attached hydrogens (primary N) is 1. The van der Waals surface area contributed by atoms with Gasteiger partial charge in [-0.2, -0.15) is 5.48 Å². The Bertz CT molecular complexity index is 320. The summed E-state index contributed by atoms with van der Waals surface area (Å²) in [5, 5.41) is 12.5. The van der Waals surface area contributed by atoms with Crippen LogP contribution in [0.2, 0.25) is 0 Å². The van der Waals surface area contributed by atoms with Crippen molar-refractivity contribution in [2.75, 3.05) is 33.5 Å². The van der Waals surface area contributed by atoms with Crippen LogP contribution in [0.3, 0.4) is 0 Å². The van der Waals surface area contributed by atoms with Gasteiger partial charge in [0.05, 0.1) is 0 Å². The van der Waals surface area contributed by atoms with E-state index in [1.54, 1.807) is 0 Å². The molecule has 90 valence electrons. The molecule has 0 unspecified atom stereocenters. The van der Waals surface area contributed by atoms with Gasteiger partial charge < -0.3 is 5.32 Å². The van der Waals surface area contributed by atoms with Crippen molar-refractivity contribution in [3.63, 3.8) is 0 Å². The molecule has 0 aliphatic carbocycles. The van der Waals surface area contributed by atoms with Crippen LogP contribution in [0.4, 0.5) is 11.4 Å². The molecule has 5 nitrogen and oxygen atoms in total. The van der Waals surface area contributed by atoms with E-state index in [0.717, 1.165) is 16.9 Å². The average molecular weight is 225 g/mol. The number of benzene rings is 1. The van der Waals surface area contributed by atoms with Gasteiger partial charge in [-0.05, 0) is 34.3 Å². The zero-order valence-electron chi connectivity index (χ0n) is 10.3. The number of quaternary nitrogens is 1. The average Bonchev–Trinajstić information content (AvgIpc) is 2.25. The summed E-state index contributed by atoms with van der Waals surface area (Å²) in [7, 11) is 8.01. The van der Waals surface area contributed by atoms with Crippen molar-refractivity contribution in [2.45, 2.75) is 6.29 Å². The van der Waals surface area contributed by atoms with Crippen LogP contribution in [0.25, 0.3) is 0 Å². The first kappa shape index (κ1) is 12.9. The summed E-state index contributed by atoms with van der Waals surface area (Å²) in [5.41, 5.74) is 2.82. The minimum atomic E-state index is 0.0844. The molecule has 5 heteroatoms. The van der Waals surface area contributed by atoms with Crippen LogP contribution >= 0.6 is 0 Å². The molecule has 0 amide bonds. The molecule has 0 saturated carbocycles. The molecule has 1 rings (SSSR count). The second-order valence-electron chi connectivity index (χ2n) is 4.16. The lowest BCUT2D eigenvalue weighted by Gasteiger charge is -2.31. The third-order valence-corrected chi connectivity index (χ3v) is 2.36. The first-order valence-electron chi connectivity index (χ1n) is 5.22. The van der Waals surface area contributed by atoms with Gasteiger partial charge >= 0.3 is 0 Å². The third kappa shape index (κ3) is 3.18. The van der Waals surface area contributed by atoms with Crippen LogP contribution in [0.1, 0.15) is 0 Å². The zero-order chi connectivity index (χ0) is 12.1. The van der Waals surface area contributed by atoms with Crippen LogP contribution in [0.5, 0.6) is 0 Å². The van der Waals surface area contributed by atoms with Gasteiger partial charge in [-0.15, -0.1) is 0 Å². The second-order valence-corrected chi connectivity index (χ2v) is 4.16. The molecule has 0 saturated heterocycles. The first-order chi connectivity index (χ1) is 7.56. The minimum absolute atomic E-state index is 0.0844. The molecule has 1 aromatic carbocycles. The van der Waals surface area contributed by atoms with Gasteiger partial charge in [-0.1, -0.05) is 12.1 Å². The van der Waals surface area contributed by atoms with E-state index >= 15 is 0 Å². The summed E-state index contributed by atoms with van der Waals surface area (Å²) in [6.07, 6.45) is 0.0844. The normalized spacial score (nSPS) is 11.5. The van der Waals surface area contributed by atoms with E-state index in [0.29, 0.717) is 0 Å². The molecule has 0 atom stereocenters. The van der Waals surface area contributed by atoms with E-state index in [1.165, 1.54) is 0 Å². The summed E-state index contributed by atoms with van der Waals surface area (Å²) in [6, 6.07) is 7.65. The maximum atomic E-state index is 9.12. The number of para-hydroxylation sites is 2. The molecule has 0 bridgehead atoms. The fourth-order valence-corrected chi connectivity index (χ4v) is 1.60. The molecule has 0 fully saturated rings. The van der Waals surface area contributed by atoms with Crippen LogP contribution in [-0.4, -0.2) is 49.5 Å². The van der Waals surface area contributed by atoms with Gasteiger partial charge in [-0.3, -0.25) is 9.80 Å². The first-order valence-corrected chi connectivity index (χ1v) is 5.22. The number of hydrogen-bond acceptors (Lipinski definition) is 4. The van der Waals surface area contributed by atoms with Gasteiger partial charge in [0.1, 0.15) is 12.0 Å². The highest BCUT2D eigenvalue weighted by Gasteiger charge is 2.15. The zero-order valence-corrected chi connectivity index (χ0v) is 10.3. The van der Waals surface area contributed by atoms with Crippen LogP contribution in [0, 0.1) is 0 Å². The Morgan fingerprint density at radius 3 is 2.19 bits per heavy atom. The summed E-state index contributed by atoms with van der Waals surface area (Å²) < 4.78 is 0. The quantitative estimate of drug-likeness (QED) is 0.378. The SMILES string of the molecule is CN(C)C(Nc1ccccc1[NH2+]O)N(C)C. The fraction of sp³-hybridized carbons (Fsp3) is 0.455. The number of nitrogens with one attached hydrogen (secondary N) is 1. The predicted octanol–water partition coefficient (Wildman–Crippen LogP) is 0.0894. The van der Waals surface area contributed by atoms with Gasteiger partial charge in [0.2, 0.25) is 0 Å². The highest BCUT2D eigenvalue weighted by Crippen LogP contribution is 2.17. The van der Waals surface area contributed by atoms with Crippen LogP contribution < -0.4 is 10.8 Å². The highest BCUT2D eigenvalue weighted by atomic mass is 16.5. The standard InChI is InChI=1S/C11H20N4O/c1-14(2)11(15(3)4)12-9-7-5-6-8-10(9)13-16/h5-8,11-13,16H,1-4H3/p+1. The Hall–Kier alpha value is -1.14. The van der Waals surface area contributed by atoms with E-state index in [4.69, 9.17) is 5.21 Å². The van der Waals surface area contributed by atoms with Gasteiger partial charge in [0.15, 0.2) is 5.69 Å². The minimum Gasteiger partial charge on any atom is -0.352 e. The number of rotatable bonds is 5. The molecule has 1 aromatic rings. The second kappa shape index (κ2) is 5.81. The van der Waals surface area contributed by atoms with E-state index in [9.17, 15) is 0 Å². The highest BCUT2D eigenvalue weighted by molar-refractivity contribution is 5.60. The lowest BCUT2D eigenvalue weighted by molar-refractivity contribution is -0.825. The fourth-order valence-electron chi connectivity index (χ4n) is 1.60. The summed E-state index contributed by atoms with van der Waals surface area (Å²) >= 11 is 0. The van der Waals surface area contributed by atoms with Crippen molar-refractivity contribution in [1.29, 1.82) is 0 Å². The van der Waals surface area contributed by atoms with E-state index < -0.39 is 0 Å². The predicted molar refractivity (Wildman–Crippen MR) is 64.6 cm³/mol. The van der Waals surface area contributed by atoms with Gasteiger partial charge in [-0.25, -0.2) is 5.21 Å². The van der Waals surface area contributed by atoms with Gasteiger partial charge in [0.25, 0.3) is 0 Å². The van der Waals surface area contributed by atoms with Crippen molar-refractivity contribution in [1.82, 2.24) is 9.80 Å². The summed E-state index contributed by atoms with van der Waals surface area (Å²) in [6.45, 7) is 0. The van der Waals surface area contributed by atoms with Crippen molar-refractivity contribution < 1.29 is 10.7 Å². The maximum Gasteiger partial charge on any atom is 0.185 e. The molecule has 0 aliphatic rings. The molecular formula is C11H21N4O+. The molecular weight excluding hydrogens is 204 g/mol. The molecule has 0 aliphatic heterocycles. The van der Waals surface area contributed by atoms with Crippen molar-refractivity contribution in [3.8, 4) is 0 Å². The Labute approximate surface area is 96.6 Å². The topological polar surface area (TPSA) is 55.4 Å². The number of anilines is 1. The number of nitrogens with zero attached hydrogens (tertiary/aromatic N) is 2. The summed E-state index contributed by atoms with van der Waals surface area (Å²) in [4.78, 5) is 4.13. The van der Waals surface area contributed by atoms with Crippen LogP contribution in [0.15, 0.2) is 24.3 Å². The monoisotopic (exact) mass is 225 g/mol. The van der Waals surface area contributed by atoms with Crippen molar-refractivity contribution in [3.05, 3.63) is 24.3 Å². The van der Waals surface area contributed by atoms with Crippen LogP contribution in [-0.2, 0) is 0 Å². The molecule has 0 spiro atoms. The van der Waals surface area contributed by atoms with E-state index in [-0.39, 0.29) is 6.29 Å². The Balaban J connectivity index is 2.85. The van der Waals surface area contributed by atoms with E-state index in [1.807, 2.05) is 52.5 Å². The molecule has 16 heavy (non-hydrogen) atoms. The summed E-state index contributed by atoms with van der Waals surface area (Å²) in [5.74, 6) is 0. The Kier molecular flexibility index (Phi) is 4.70. The van der Waals surface area contributed by atoms with Crippen molar-refractivity contribution >= 4 is 11.4 Å². The van der Waals surface area contributed by atoms with Crippen molar-refractivity contribution in [2.24, 2.45) is 0 Å². The Morgan fingerprint density at radius 1 is 1.12 bits per heavy atom. The number of hydrogen-bond donors (Lipinski definition) is 3. The maximum absolute atomic E-state index is 9.12.